The van der Waals surface area contributed by atoms with Crippen LogP contribution in [-0.4, -0.2) is 78.5 Å². The van der Waals surface area contributed by atoms with E-state index in [4.69, 9.17) is 27.9 Å². The van der Waals surface area contributed by atoms with Crippen LogP contribution in [0.15, 0.2) is 53.7 Å². The molecule has 2 aromatic carbocycles. The second kappa shape index (κ2) is 11.8. The van der Waals surface area contributed by atoms with Crippen LogP contribution in [0, 0.1) is 6.92 Å². The van der Waals surface area contributed by atoms with E-state index < -0.39 is 12.0 Å². The van der Waals surface area contributed by atoms with E-state index in [1.165, 1.54) is 4.90 Å². The van der Waals surface area contributed by atoms with Crippen LogP contribution in [0.4, 0.5) is 4.79 Å². The molecular weight excluding hydrogens is 527 g/mol. The Morgan fingerprint density at radius 2 is 1.82 bits per heavy atom. The number of rotatable bonds is 6. The van der Waals surface area contributed by atoms with Crippen molar-refractivity contribution >= 4 is 41.1 Å². The van der Waals surface area contributed by atoms with Crippen molar-refractivity contribution in [2.75, 3.05) is 39.8 Å². The first-order valence-corrected chi connectivity index (χ1v) is 13.4. The van der Waals surface area contributed by atoms with Gasteiger partial charge in [-0.2, -0.15) is 0 Å². The van der Waals surface area contributed by atoms with Crippen molar-refractivity contribution in [3.05, 3.63) is 80.5 Å². The van der Waals surface area contributed by atoms with E-state index in [2.05, 4.69) is 10.2 Å². The van der Waals surface area contributed by atoms with Crippen LogP contribution in [0.3, 0.4) is 0 Å². The van der Waals surface area contributed by atoms with Gasteiger partial charge in [0.1, 0.15) is 0 Å². The van der Waals surface area contributed by atoms with Crippen LogP contribution in [-0.2, 0) is 9.53 Å². The van der Waals surface area contributed by atoms with Gasteiger partial charge < -0.3 is 15.0 Å². The molecule has 2 aromatic rings. The molecule has 8 nitrogen and oxygen atoms in total. The molecule has 2 aliphatic rings. The van der Waals surface area contributed by atoms with Crippen molar-refractivity contribution in [2.45, 2.75) is 32.9 Å². The fourth-order valence-corrected chi connectivity index (χ4v) is 5.34. The summed E-state index contributed by atoms with van der Waals surface area (Å²) in [7, 11) is 1.63. The molecule has 0 radical (unpaired) electrons. The van der Waals surface area contributed by atoms with Crippen LogP contribution in [0.2, 0.25) is 10.0 Å². The second-order valence-corrected chi connectivity index (χ2v) is 10.4. The number of nitrogens with zero attached hydrogens (tertiary/aromatic N) is 3. The van der Waals surface area contributed by atoms with E-state index in [0.29, 0.717) is 53.6 Å². The number of aryl methyl sites for hydroxylation is 1. The Labute approximate surface area is 233 Å². The molecule has 1 N–H and O–H groups in total. The lowest BCUT2D eigenvalue weighted by molar-refractivity contribution is -0.139. The summed E-state index contributed by atoms with van der Waals surface area (Å²) in [4.78, 5) is 44.9. The summed E-state index contributed by atoms with van der Waals surface area (Å²) < 4.78 is 5.41. The Bertz CT molecular complexity index is 1260. The largest absolute Gasteiger partial charge is 0.463 e. The van der Waals surface area contributed by atoms with Gasteiger partial charge >= 0.3 is 12.0 Å². The van der Waals surface area contributed by atoms with Crippen molar-refractivity contribution < 1.29 is 19.1 Å². The highest BCUT2D eigenvalue weighted by atomic mass is 35.5. The van der Waals surface area contributed by atoms with Gasteiger partial charge in [-0.15, -0.1) is 0 Å². The molecule has 202 valence electrons. The topological polar surface area (TPSA) is 82.2 Å². The highest BCUT2D eigenvalue weighted by Gasteiger charge is 2.39. The third-order valence-corrected chi connectivity index (χ3v) is 7.84. The molecule has 4 rings (SSSR count). The first kappa shape index (κ1) is 28.0. The first-order chi connectivity index (χ1) is 18.1. The molecule has 1 fully saturated rings. The van der Waals surface area contributed by atoms with Crippen molar-refractivity contribution in [1.29, 1.82) is 0 Å². The van der Waals surface area contributed by atoms with Gasteiger partial charge in [0.25, 0.3) is 5.91 Å². The lowest BCUT2D eigenvalue weighted by atomic mass is 9.94. The Hall–Kier alpha value is -3.07. The highest BCUT2D eigenvalue weighted by molar-refractivity contribution is 6.42. The number of nitrogens with one attached hydrogen (secondary N) is 1. The Morgan fingerprint density at radius 1 is 1.11 bits per heavy atom. The maximum atomic E-state index is 13.3. The highest BCUT2D eigenvalue weighted by Crippen LogP contribution is 2.37. The average molecular weight is 559 g/mol. The van der Waals surface area contributed by atoms with Gasteiger partial charge in [-0.1, -0.05) is 53.0 Å². The molecule has 3 amide bonds. The number of hydrogen-bond donors (Lipinski definition) is 1. The van der Waals surface area contributed by atoms with Crippen LogP contribution in [0.5, 0.6) is 0 Å². The van der Waals surface area contributed by atoms with Gasteiger partial charge in [-0.25, -0.2) is 9.59 Å². The third-order valence-electron chi connectivity index (χ3n) is 7.01. The second-order valence-electron chi connectivity index (χ2n) is 9.61. The number of carbonyl (C=O) groups excluding carboxylic acids is 3. The number of piperazine rings is 1. The molecule has 2 aliphatic heterocycles. The molecule has 10 heteroatoms. The summed E-state index contributed by atoms with van der Waals surface area (Å²) >= 11 is 12.8. The zero-order valence-corrected chi connectivity index (χ0v) is 23.5. The molecule has 38 heavy (non-hydrogen) atoms. The van der Waals surface area contributed by atoms with Crippen molar-refractivity contribution in [3.63, 3.8) is 0 Å². The molecule has 0 unspecified atom stereocenters. The summed E-state index contributed by atoms with van der Waals surface area (Å²) in [6.45, 7) is 7.91. The summed E-state index contributed by atoms with van der Waals surface area (Å²) in [6, 6.07) is 11.4. The quantitative estimate of drug-likeness (QED) is 0.521. The number of benzene rings is 2. The summed E-state index contributed by atoms with van der Waals surface area (Å²) in [5, 5.41) is 3.46. The van der Waals surface area contributed by atoms with E-state index in [1.54, 1.807) is 32.2 Å². The van der Waals surface area contributed by atoms with Crippen LogP contribution in [0.1, 0.15) is 41.4 Å². The van der Waals surface area contributed by atoms with Gasteiger partial charge in [0.15, 0.2) is 0 Å². The summed E-state index contributed by atoms with van der Waals surface area (Å²) in [5.74, 6) is -0.537. The Kier molecular flexibility index (Phi) is 8.65. The molecule has 2 heterocycles. The first-order valence-electron chi connectivity index (χ1n) is 12.6. The predicted molar refractivity (Wildman–Crippen MR) is 147 cm³/mol. The predicted octanol–water partition coefficient (Wildman–Crippen LogP) is 4.66. The van der Waals surface area contributed by atoms with E-state index >= 15 is 0 Å². The number of urea groups is 1. The SMILES string of the molecule is CCOC(=O)C1=C(CN2CCN(C(=O)c3ccc(C)cc3)[C@H](C)C2)N(C)C(=O)N[C@@H]1c1cccc(Cl)c1Cl. The molecular formula is C28H32Cl2N4O4. The number of likely N-dealkylation sites (N-methyl/N-ethyl adjacent to an activating group) is 1. The Balaban J connectivity index is 1.62. The number of hydrogen-bond acceptors (Lipinski definition) is 5. The van der Waals surface area contributed by atoms with Crippen molar-refractivity contribution in [3.8, 4) is 0 Å². The molecule has 1 saturated heterocycles. The maximum absolute atomic E-state index is 13.3. The summed E-state index contributed by atoms with van der Waals surface area (Å²) in [6.07, 6.45) is 0. The van der Waals surface area contributed by atoms with Gasteiger partial charge in [0, 0.05) is 50.5 Å². The molecule has 0 aliphatic carbocycles. The maximum Gasteiger partial charge on any atom is 0.338 e. The fourth-order valence-electron chi connectivity index (χ4n) is 4.93. The third kappa shape index (κ3) is 5.67. The molecule has 2 atom stereocenters. The van der Waals surface area contributed by atoms with Crippen LogP contribution >= 0.6 is 23.2 Å². The molecule has 0 spiro atoms. The van der Waals surface area contributed by atoms with E-state index in [-0.39, 0.29) is 29.6 Å². The normalized spacial score (nSPS) is 20.4. The van der Waals surface area contributed by atoms with Crippen molar-refractivity contribution in [2.24, 2.45) is 0 Å². The smallest absolute Gasteiger partial charge is 0.338 e. The van der Waals surface area contributed by atoms with Gasteiger partial charge in [-0.3, -0.25) is 14.6 Å². The minimum Gasteiger partial charge on any atom is -0.463 e. The van der Waals surface area contributed by atoms with Gasteiger partial charge in [0.05, 0.1) is 28.3 Å². The van der Waals surface area contributed by atoms with Gasteiger partial charge in [-0.05, 0) is 44.5 Å². The lowest BCUT2D eigenvalue weighted by Gasteiger charge is -2.42. The standard InChI is InChI=1S/C28H32Cl2N4O4/c1-5-38-27(36)23-22(32(4)28(37)31-25(23)20-7-6-8-21(29)24(20)30)16-33-13-14-34(18(3)15-33)26(35)19-11-9-17(2)10-12-19/h6-12,18,25H,5,13-16H2,1-4H3,(H,31,37)/t18-,25-/m1/s1. The fraction of sp³-hybridized carbons (Fsp3) is 0.393. The van der Waals surface area contributed by atoms with Crippen LogP contribution in [0.25, 0.3) is 0 Å². The van der Waals surface area contributed by atoms with E-state index in [1.807, 2.05) is 43.0 Å². The number of carbonyl (C=O) groups is 3. The van der Waals surface area contributed by atoms with Gasteiger partial charge in [0.2, 0.25) is 0 Å². The van der Waals surface area contributed by atoms with Crippen molar-refractivity contribution in [1.82, 2.24) is 20.0 Å². The summed E-state index contributed by atoms with van der Waals surface area (Å²) in [5.41, 5.74) is 3.11. The zero-order valence-electron chi connectivity index (χ0n) is 22.0. The molecule has 0 bridgehead atoms. The Morgan fingerprint density at radius 3 is 2.47 bits per heavy atom. The number of esters is 1. The number of amides is 3. The monoisotopic (exact) mass is 558 g/mol. The van der Waals surface area contributed by atoms with E-state index in [9.17, 15) is 14.4 Å². The average Bonchev–Trinajstić information content (AvgIpc) is 2.88. The minimum atomic E-state index is -0.819. The molecule has 0 saturated carbocycles. The van der Waals surface area contributed by atoms with Crippen LogP contribution < -0.4 is 5.32 Å². The zero-order chi connectivity index (χ0) is 27.6. The lowest BCUT2D eigenvalue weighted by Crippen LogP contribution is -2.56. The number of ether oxygens (including phenoxy) is 1. The minimum absolute atomic E-state index is 0.00611. The van der Waals surface area contributed by atoms with E-state index in [0.717, 1.165) is 5.56 Å². The molecule has 0 aromatic heterocycles. The number of halogens is 2.